The van der Waals surface area contributed by atoms with Gasteiger partial charge in [-0.05, 0) is 13.0 Å². The van der Waals surface area contributed by atoms with Crippen LogP contribution in [0.2, 0.25) is 5.02 Å². The van der Waals surface area contributed by atoms with Crippen LogP contribution in [0.1, 0.15) is 5.56 Å². The van der Waals surface area contributed by atoms with Crippen LogP contribution in [-0.4, -0.2) is 13.0 Å². The first-order valence-electron chi connectivity index (χ1n) is 3.49. The quantitative estimate of drug-likeness (QED) is 0.596. The smallest absolute Gasteiger partial charge is 0.282 e. The molecule has 0 saturated carbocycles. The Kier molecular flexibility index (Phi) is 2.76. The minimum atomic E-state index is -4.40. The molecule has 0 aliphatic heterocycles. The van der Waals surface area contributed by atoms with Crippen molar-refractivity contribution in [3.63, 3.8) is 0 Å². The molecular formula is C7H6ClN2O3S+. The highest BCUT2D eigenvalue weighted by Crippen LogP contribution is 2.31. The summed E-state index contributed by atoms with van der Waals surface area (Å²) in [5, 5.41) is 8.39. The van der Waals surface area contributed by atoms with E-state index < -0.39 is 15.0 Å². The molecule has 1 aromatic rings. The van der Waals surface area contributed by atoms with Crippen molar-refractivity contribution in [1.82, 2.24) is 0 Å². The van der Waals surface area contributed by atoms with Crippen molar-refractivity contribution in [2.24, 2.45) is 0 Å². The summed E-state index contributed by atoms with van der Waals surface area (Å²) >= 11 is 5.58. The third kappa shape index (κ3) is 1.85. The summed E-state index contributed by atoms with van der Waals surface area (Å²) in [7, 11) is -4.40. The normalized spacial score (nSPS) is 11.0. The molecule has 0 atom stereocenters. The van der Waals surface area contributed by atoms with Gasteiger partial charge in [0.1, 0.15) is 4.90 Å². The van der Waals surface area contributed by atoms with Crippen LogP contribution in [0.5, 0.6) is 0 Å². The maximum atomic E-state index is 10.9. The van der Waals surface area contributed by atoms with Gasteiger partial charge in [-0.2, -0.15) is 8.42 Å². The lowest BCUT2D eigenvalue weighted by atomic mass is 10.2. The topological polar surface area (TPSA) is 82.5 Å². The second-order valence-electron chi connectivity index (χ2n) is 2.60. The molecule has 0 heterocycles. The fraction of sp³-hybridized carbons (Fsp3) is 0.143. The molecule has 0 aliphatic rings. The fourth-order valence-corrected chi connectivity index (χ4v) is 2.38. The lowest BCUT2D eigenvalue weighted by molar-refractivity contribution is 0.482. The van der Waals surface area contributed by atoms with Crippen LogP contribution >= 0.6 is 11.6 Å². The van der Waals surface area contributed by atoms with Gasteiger partial charge in [0, 0.05) is 6.07 Å². The average Bonchev–Trinajstić information content (AvgIpc) is 2.02. The van der Waals surface area contributed by atoms with E-state index in [0.29, 0.717) is 0 Å². The summed E-state index contributed by atoms with van der Waals surface area (Å²) in [4.78, 5) is 2.42. The van der Waals surface area contributed by atoms with Gasteiger partial charge in [-0.15, -0.1) is 0 Å². The summed E-state index contributed by atoms with van der Waals surface area (Å²) in [5.41, 5.74) is 0.143. The minimum absolute atomic E-state index is 0.0435. The standard InChI is InChI=1S/C7H5ClN2O3S/c1-4-6(10-9)3-2-5(8)7(4)14(11,12)13/h2-3H,1H3/p+1. The van der Waals surface area contributed by atoms with E-state index in [4.69, 9.17) is 21.5 Å². The Morgan fingerprint density at radius 1 is 1.50 bits per heavy atom. The summed E-state index contributed by atoms with van der Waals surface area (Å²) < 4.78 is 30.6. The fourth-order valence-electron chi connectivity index (χ4n) is 1.07. The number of hydrogen-bond donors (Lipinski definition) is 1. The van der Waals surface area contributed by atoms with Crippen molar-refractivity contribution in [1.29, 1.82) is 5.39 Å². The molecule has 0 amide bonds. The number of halogens is 1. The van der Waals surface area contributed by atoms with Crippen LogP contribution in [0.25, 0.3) is 4.98 Å². The van der Waals surface area contributed by atoms with E-state index in [2.05, 4.69) is 4.98 Å². The van der Waals surface area contributed by atoms with Gasteiger partial charge in [0.2, 0.25) is 5.39 Å². The van der Waals surface area contributed by atoms with Crippen molar-refractivity contribution in [2.45, 2.75) is 11.8 Å². The maximum absolute atomic E-state index is 10.9. The number of nitrogens with zero attached hydrogens (tertiary/aromatic N) is 2. The first-order chi connectivity index (χ1) is 6.38. The molecule has 14 heavy (non-hydrogen) atoms. The van der Waals surface area contributed by atoms with Gasteiger partial charge in [-0.1, -0.05) is 11.6 Å². The van der Waals surface area contributed by atoms with E-state index in [-0.39, 0.29) is 16.3 Å². The zero-order valence-electron chi connectivity index (χ0n) is 7.10. The molecular weight excluding hydrogens is 228 g/mol. The Morgan fingerprint density at radius 3 is 2.50 bits per heavy atom. The summed E-state index contributed by atoms with van der Waals surface area (Å²) in [5.74, 6) is 0. The lowest BCUT2D eigenvalue weighted by Crippen LogP contribution is -2.01. The molecule has 0 aliphatic carbocycles. The number of hydrogen-bond acceptors (Lipinski definition) is 3. The predicted octanol–water partition coefficient (Wildman–Crippen LogP) is 2.38. The second-order valence-corrected chi connectivity index (χ2v) is 4.36. The highest BCUT2D eigenvalue weighted by molar-refractivity contribution is 7.86. The molecule has 0 aromatic heterocycles. The van der Waals surface area contributed by atoms with E-state index in [1.54, 1.807) is 0 Å². The van der Waals surface area contributed by atoms with Crippen molar-refractivity contribution in [3.05, 3.63) is 27.7 Å². The van der Waals surface area contributed by atoms with E-state index in [1.165, 1.54) is 19.1 Å². The van der Waals surface area contributed by atoms with Crippen molar-refractivity contribution in [2.75, 3.05) is 0 Å². The van der Waals surface area contributed by atoms with Gasteiger partial charge in [-0.25, -0.2) is 0 Å². The Hall–Kier alpha value is -1.16. The van der Waals surface area contributed by atoms with Gasteiger partial charge >= 0.3 is 5.69 Å². The number of rotatable bonds is 1. The average molecular weight is 234 g/mol. The van der Waals surface area contributed by atoms with Gasteiger partial charge in [0.15, 0.2) is 4.98 Å². The van der Waals surface area contributed by atoms with Crippen molar-refractivity contribution < 1.29 is 13.0 Å². The van der Waals surface area contributed by atoms with E-state index in [0.717, 1.165) is 0 Å². The lowest BCUT2D eigenvalue weighted by Gasteiger charge is -2.01. The molecule has 1 aromatic carbocycles. The third-order valence-electron chi connectivity index (χ3n) is 1.69. The van der Waals surface area contributed by atoms with E-state index in [9.17, 15) is 8.42 Å². The first-order valence-corrected chi connectivity index (χ1v) is 5.31. The summed E-state index contributed by atoms with van der Waals surface area (Å²) in [6.07, 6.45) is 0. The van der Waals surface area contributed by atoms with E-state index in [1.807, 2.05) is 0 Å². The molecule has 74 valence electrons. The number of diazo groups is 1. The molecule has 5 nitrogen and oxygen atoms in total. The molecule has 1 rings (SSSR count). The zero-order chi connectivity index (χ0) is 10.9. The molecule has 0 radical (unpaired) electrons. The predicted molar refractivity (Wildman–Crippen MR) is 50.7 cm³/mol. The Labute approximate surface area is 85.7 Å². The maximum Gasteiger partial charge on any atom is 0.389 e. The monoisotopic (exact) mass is 233 g/mol. The molecule has 0 unspecified atom stereocenters. The Balaban J connectivity index is 3.68. The second kappa shape index (κ2) is 3.53. The van der Waals surface area contributed by atoms with Gasteiger partial charge in [0.25, 0.3) is 10.1 Å². The zero-order valence-corrected chi connectivity index (χ0v) is 8.67. The SMILES string of the molecule is Cc1c([N+]#N)ccc(Cl)c1S(=O)(=O)O. The first kappa shape index (κ1) is 10.9. The van der Waals surface area contributed by atoms with Crippen LogP contribution < -0.4 is 0 Å². The largest absolute Gasteiger partial charge is 0.389 e. The van der Waals surface area contributed by atoms with Crippen LogP contribution in [0.15, 0.2) is 17.0 Å². The van der Waals surface area contributed by atoms with Crippen LogP contribution in [0, 0.1) is 12.3 Å². The van der Waals surface area contributed by atoms with Crippen LogP contribution in [-0.2, 0) is 10.1 Å². The summed E-state index contributed by atoms with van der Waals surface area (Å²) in [6, 6.07) is 2.57. The van der Waals surface area contributed by atoms with Crippen LogP contribution in [0.3, 0.4) is 0 Å². The third-order valence-corrected chi connectivity index (χ3v) is 3.16. The van der Waals surface area contributed by atoms with E-state index >= 15 is 0 Å². The molecule has 0 saturated heterocycles. The van der Waals surface area contributed by atoms with Gasteiger partial charge in [-0.3, -0.25) is 4.55 Å². The van der Waals surface area contributed by atoms with Crippen LogP contribution in [0.4, 0.5) is 5.69 Å². The molecule has 0 spiro atoms. The Morgan fingerprint density at radius 2 is 2.07 bits per heavy atom. The van der Waals surface area contributed by atoms with Crippen molar-refractivity contribution >= 4 is 27.4 Å². The highest BCUT2D eigenvalue weighted by atomic mass is 35.5. The van der Waals surface area contributed by atoms with Gasteiger partial charge in [0.05, 0.1) is 10.6 Å². The molecule has 7 heteroatoms. The summed E-state index contributed by atoms with van der Waals surface area (Å²) in [6.45, 7) is 1.38. The molecule has 0 fully saturated rings. The number of benzene rings is 1. The van der Waals surface area contributed by atoms with Crippen molar-refractivity contribution in [3.8, 4) is 0 Å². The Bertz CT molecular complexity index is 518. The molecule has 0 bridgehead atoms. The minimum Gasteiger partial charge on any atom is -0.282 e. The molecule has 1 N–H and O–H groups in total. The van der Waals surface area contributed by atoms with Gasteiger partial charge < -0.3 is 0 Å². The highest BCUT2D eigenvalue weighted by Gasteiger charge is 2.24.